The summed E-state index contributed by atoms with van der Waals surface area (Å²) in [5, 5.41) is 2.76. The number of aryl methyl sites for hydroxylation is 1. The van der Waals surface area contributed by atoms with E-state index in [2.05, 4.69) is 48.8 Å². The van der Waals surface area contributed by atoms with E-state index in [0.29, 0.717) is 17.1 Å². The van der Waals surface area contributed by atoms with Crippen LogP contribution in [0.15, 0.2) is 34.9 Å². The summed E-state index contributed by atoms with van der Waals surface area (Å²) < 4.78 is 7.15. The van der Waals surface area contributed by atoms with Gasteiger partial charge in [0.2, 0.25) is 0 Å². The van der Waals surface area contributed by atoms with Crippen LogP contribution >= 0.6 is 38.5 Å². The second-order valence-electron chi connectivity index (χ2n) is 4.12. The third kappa shape index (κ3) is 3.49. The molecule has 0 atom stereocenters. The minimum atomic E-state index is -0.250. The highest BCUT2D eigenvalue weighted by Crippen LogP contribution is 2.28. The Morgan fingerprint density at radius 1 is 1.40 bits per heavy atom. The molecule has 1 amide bonds. The van der Waals surface area contributed by atoms with E-state index < -0.39 is 0 Å². The van der Waals surface area contributed by atoms with E-state index in [0.717, 1.165) is 13.6 Å². The fourth-order valence-electron chi connectivity index (χ4n) is 1.80. The molecular formula is C14H12BrIN2O2. The standard InChI is InChI=1S/C14H12BrIN2O2/c1-8-5-9(15)6-11(13(8)20-2)14(19)18-12-4-3-10(16)7-17-12/h3-7H,1-2H3,(H,17,18,19). The predicted molar refractivity (Wildman–Crippen MR) is 90.3 cm³/mol. The predicted octanol–water partition coefficient (Wildman–Crippen LogP) is 4.02. The van der Waals surface area contributed by atoms with Gasteiger partial charge in [0.1, 0.15) is 11.6 Å². The molecule has 0 fully saturated rings. The smallest absolute Gasteiger partial charge is 0.260 e. The van der Waals surface area contributed by atoms with Crippen LogP contribution in [0, 0.1) is 10.5 Å². The molecule has 4 nitrogen and oxygen atoms in total. The maximum absolute atomic E-state index is 12.3. The van der Waals surface area contributed by atoms with Gasteiger partial charge >= 0.3 is 0 Å². The van der Waals surface area contributed by atoms with Crippen molar-refractivity contribution in [2.24, 2.45) is 0 Å². The van der Waals surface area contributed by atoms with Gasteiger partial charge in [-0.15, -0.1) is 0 Å². The molecule has 0 bridgehead atoms. The molecule has 2 rings (SSSR count). The maximum Gasteiger partial charge on any atom is 0.260 e. The highest BCUT2D eigenvalue weighted by atomic mass is 127. The van der Waals surface area contributed by atoms with Crippen LogP contribution in [0.1, 0.15) is 15.9 Å². The van der Waals surface area contributed by atoms with Gasteiger partial charge in [-0.3, -0.25) is 4.79 Å². The van der Waals surface area contributed by atoms with Gasteiger partial charge in [-0.25, -0.2) is 4.98 Å². The number of hydrogen-bond acceptors (Lipinski definition) is 3. The van der Waals surface area contributed by atoms with Crippen molar-refractivity contribution >= 4 is 50.2 Å². The fourth-order valence-corrected chi connectivity index (χ4v) is 2.69. The second kappa shape index (κ2) is 6.53. The summed E-state index contributed by atoms with van der Waals surface area (Å²) in [6.07, 6.45) is 1.69. The number of pyridine rings is 1. The molecule has 20 heavy (non-hydrogen) atoms. The van der Waals surface area contributed by atoms with E-state index in [1.807, 2.05) is 19.1 Å². The first-order valence-corrected chi connectivity index (χ1v) is 7.65. The van der Waals surface area contributed by atoms with Gasteiger partial charge in [0.05, 0.1) is 12.7 Å². The number of methoxy groups -OCH3 is 1. The monoisotopic (exact) mass is 446 g/mol. The second-order valence-corrected chi connectivity index (χ2v) is 6.28. The van der Waals surface area contributed by atoms with Gasteiger partial charge in [0.25, 0.3) is 5.91 Å². The van der Waals surface area contributed by atoms with Crippen LogP contribution < -0.4 is 10.1 Å². The Labute approximate surface area is 139 Å². The molecule has 1 aromatic heterocycles. The Kier molecular flexibility index (Phi) is 4.98. The van der Waals surface area contributed by atoms with Crippen molar-refractivity contribution in [2.45, 2.75) is 6.92 Å². The van der Waals surface area contributed by atoms with Crippen molar-refractivity contribution in [3.8, 4) is 5.75 Å². The molecule has 0 aliphatic heterocycles. The van der Waals surface area contributed by atoms with Gasteiger partial charge in [-0.05, 0) is 59.3 Å². The summed E-state index contributed by atoms with van der Waals surface area (Å²) in [6, 6.07) is 7.27. The van der Waals surface area contributed by atoms with E-state index >= 15 is 0 Å². The average Bonchev–Trinajstić information content (AvgIpc) is 2.40. The number of benzene rings is 1. The van der Waals surface area contributed by atoms with Crippen LogP contribution in [0.2, 0.25) is 0 Å². The third-order valence-electron chi connectivity index (χ3n) is 2.66. The summed E-state index contributed by atoms with van der Waals surface area (Å²) in [5.41, 5.74) is 1.36. The molecule has 2 aromatic rings. The van der Waals surface area contributed by atoms with Crippen LogP contribution in [0.25, 0.3) is 0 Å². The molecule has 0 unspecified atom stereocenters. The first-order chi connectivity index (χ1) is 9.51. The first kappa shape index (κ1) is 15.2. The topological polar surface area (TPSA) is 51.2 Å². The number of anilines is 1. The molecule has 1 N–H and O–H groups in total. The molecule has 1 heterocycles. The van der Waals surface area contributed by atoms with Crippen LogP contribution in [0.3, 0.4) is 0 Å². The number of nitrogens with zero attached hydrogens (tertiary/aromatic N) is 1. The molecule has 104 valence electrons. The third-order valence-corrected chi connectivity index (χ3v) is 3.75. The number of aromatic nitrogens is 1. The van der Waals surface area contributed by atoms with Gasteiger partial charge in [0, 0.05) is 14.2 Å². The molecule has 0 saturated carbocycles. The van der Waals surface area contributed by atoms with E-state index in [1.54, 1.807) is 25.4 Å². The first-order valence-electron chi connectivity index (χ1n) is 5.78. The Hall–Kier alpha value is -1.15. The summed E-state index contributed by atoms with van der Waals surface area (Å²) in [6.45, 7) is 1.89. The normalized spacial score (nSPS) is 10.2. The van der Waals surface area contributed by atoms with Crippen molar-refractivity contribution in [3.05, 3.63) is 49.6 Å². The zero-order valence-corrected chi connectivity index (χ0v) is 14.6. The van der Waals surface area contributed by atoms with Crippen LogP contribution in [0.4, 0.5) is 5.82 Å². The number of carbonyl (C=O) groups excluding carboxylic acids is 1. The lowest BCUT2D eigenvalue weighted by Gasteiger charge is -2.12. The molecule has 0 aliphatic carbocycles. The SMILES string of the molecule is COc1c(C)cc(Br)cc1C(=O)Nc1ccc(I)cn1. The van der Waals surface area contributed by atoms with Crippen molar-refractivity contribution in [1.29, 1.82) is 0 Å². The lowest BCUT2D eigenvalue weighted by atomic mass is 10.1. The van der Waals surface area contributed by atoms with Gasteiger partial charge in [-0.1, -0.05) is 15.9 Å². The highest BCUT2D eigenvalue weighted by molar-refractivity contribution is 14.1. The van der Waals surface area contributed by atoms with Gasteiger partial charge in [-0.2, -0.15) is 0 Å². The number of rotatable bonds is 3. The van der Waals surface area contributed by atoms with Crippen molar-refractivity contribution in [1.82, 2.24) is 4.98 Å². The van der Waals surface area contributed by atoms with E-state index in [1.165, 1.54) is 0 Å². The van der Waals surface area contributed by atoms with Crippen molar-refractivity contribution < 1.29 is 9.53 Å². The zero-order valence-electron chi connectivity index (χ0n) is 10.9. The average molecular weight is 447 g/mol. The van der Waals surface area contributed by atoms with E-state index in [-0.39, 0.29) is 5.91 Å². The number of halogens is 2. The summed E-state index contributed by atoms with van der Waals surface area (Å²) in [5.74, 6) is 0.825. The summed E-state index contributed by atoms with van der Waals surface area (Å²) in [4.78, 5) is 16.5. The van der Waals surface area contributed by atoms with Gasteiger partial charge < -0.3 is 10.1 Å². The fraction of sp³-hybridized carbons (Fsp3) is 0.143. The van der Waals surface area contributed by atoms with Crippen molar-refractivity contribution in [2.75, 3.05) is 12.4 Å². The molecule has 6 heteroatoms. The molecular weight excluding hydrogens is 435 g/mol. The minimum Gasteiger partial charge on any atom is -0.496 e. The summed E-state index contributed by atoms with van der Waals surface area (Å²) in [7, 11) is 1.55. The van der Waals surface area contributed by atoms with E-state index in [4.69, 9.17) is 4.74 Å². The Bertz CT molecular complexity index is 644. The Morgan fingerprint density at radius 2 is 2.15 bits per heavy atom. The largest absolute Gasteiger partial charge is 0.496 e. The molecule has 0 aliphatic rings. The number of ether oxygens (including phenoxy) is 1. The highest BCUT2D eigenvalue weighted by Gasteiger charge is 2.16. The lowest BCUT2D eigenvalue weighted by Crippen LogP contribution is -2.14. The Morgan fingerprint density at radius 3 is 2.75 bits per heavy atom. The number of carbonyl (C=O) groups is 1. The van der Waals surface area contributed by atoms with Crippen LogP contribution in [-0.4, -0.2) is 18.0 Å². The molecule has 0 radical (unpaired) electrons. The number of amides is 1. The molecule has 0 spiro atoms. The van der Waals surface area contributed by atoms with Crippen LogP contribution in [0.5, 0.6) is 5.75 Å². The Balaban J connectivity index is 2.31. The molecule has 0 saturated heterocycles. The van der Waals surface area contributed by atoms with Crippen LogP contribution in [-0.2, 0) is 0 Å². The van der Waals surface area contributed by atoms with Gasteiger partial charge in [0.15, 0.2) is 0 Å². The lowest BCUT2D eigenvalue weighted by molar-refractivity contribution is 0.102. The zero-order chi connectivity index (χ0) is 14.7. The minimum absolute atomic E-state index is 0.250. The number of nitrogens with one attached hydrogen (secondary N) is 1. The summed E-state index contributed by atoms with van der Waals surface area (Å²) >= 11 is 5.55. The maximum atomic E-state index is 12.3. The molecule has 1 aromatic carbocycles. The number of hydrogen-bond donors (Lipinski definition) is 1. The van der Waals surface area contributed by atoms with Crippen molar-refractivity contribution in [3.63, 3.8) is 0 Å². The van der Waals surface area contributed by atoms with E-state index in [9.17, 15) is 4.79 Å². The quantitative estimate of drug-likeness (QED) is 0.724.